The molecule has 0 bridgehead atoms. The second-order valence-corrected chi connectivity index (χ2v) is 4.21. The summed E-state index contributed by atoms with van der Waals surface area (Å²) in [5.41, 5.74) is -1.94. The lowest BCUT2D eigenvalue weighted by Gasteiger charge is -2.10. The first-order valence-electron chi connectivity index (χ1n) is 5.08. The average Bonchev–Trinajstić information content (AvgIpc) is 2.70. The van der Waals surface area contributed by atoms with Crippen molar-refractivity contribution in [2.75, 3.05) is 18.6 Å². The van der Waals surface area contributed by atoms with E-state index in [1.165, 1.54) is 18.7 Å². The zero-order valence-electron chi connectivity index (χ0n) is 9.82. The number of aryl methyl sites for hydroxylation is 1. The number of hydrogen-bond acceptors (Lipinski definition) is 5. The highest BCUT2D eigenvalue weighted by Crippen LogP contribution is 2.31. The fraction of sp³-hybridized carbons (Fsp3) is 0.667. The fourth-order valence-corrected chi connectivity index (χ4v) is 1.62. The van der Waals surface area contributed by atoms with E-state index in [1.807, 2.05) is 0 Å². The lowest BCUT2D eigenvalue weighted by atomic mass is 10.3. The van der Waals surface area contributed by atoms with Crippen LogP contribution in [0, 0.1) is 0 Å². The summed E-state index contributed by atoms with van der Waals surface area (Å²) in [5.74, 6) is -0.672. The van der Waals surface area contributed by atoms with Gasteiger partial charge in [-0.05, 0) is 13.2 Å². The second kappa shape index (κ2) is 6.07. The Morgan fingerprint density at radius 2 is 2.17 bits per heavy atom. The topological polar surface area (TPSA) is 57.0 Å². The predicted molar refractivity (Wildman–Crippen MR) is 59.4 cm³/mol. The van der Waals surface area contributed by atoms with Gasteiger partial charge in [0.1, 0.15) is 0 Å². The molecule has 0 aliphatic carbocycles. The minimum Gasteiger partial charge on any atom is -0.461 e. The number of aromatic nitrogens is 3. The van der Waals surface area contributed by atoms with E-state index in [9.17, 15) is 18.0 Å². The van der Waals surface area contributed by atoms with Crippen LogP contribution in [-0.4, -0.2) is 39.6 Å². The lowest BCUT2D eigenvalue weighted by molar-refractivity contribution is -0.144. The number of carbonyl (C=O) groups excluding carboxylic acids is 1. The van der Waals surface area contributed by atoms with Crippen LogP contribution in [0.15, 0.2) is 0 Å². The summed E-state index contributed by atoms with van der Waals surface area (Å²) in [6, 6.07) is 0. The average molecular weight is 283 g/mol. The van der Waals surface area contributed by atoms with Crippen LogP contribution in [0.5, 0.6) is 0 Å². The van der Waals surface area contributed by atoms with Crippen LogP contribution < -0.4 is 0 Å². The molecule has 1 aromatic heterocycles. The van der Waals surface area contributed by atoms with Gasteiger partial charge in [-0.25, -0.2) is 9.48 Å². The lowest BCUT2D eigenvalue weighted by Crippen LogP contribution is -2.20. The number of esters is 1. The molecule has 1 aromatic rings. The van der Waals surface area contributed by atoms with Crippen molar-refractivity contribution in [1.29, 1.82) is 0 Å². The molecule has 0 atom stereocenters. The summed E-state index contributed by atoms with van der Waals surface area (Å²) in [4.78, 5) is 11.4. The molecule has 0 fully saturated rings. The molecule has 0 radical (unpaired) electrons. The van der Waals surface area contributed by atoms with Crippen molar-refractivity contribution in [2.45, 2.75) is 19.6 Å². The summed E-state index contributed by atoms with van der Waals surface area (Å²) in [6.07, 6.45) is -2.93. The SMILES string of the molecule is CCOC(=O)c1nnn(CCSC)c1C(F)(F)F. The third-order valence-corrected chi connectivity index (χ3v) is 2.57. The molecule has 102 valence electrons. The van der Waals surface area contributed by atoms with Gasteiger partial charge < -0.3 is 4.74 Å². The molecule has 0 saturated heterocycles. The quantitative estimate of drug-likeness (QED) is 0.772. The molecule has 0 saturated carbocycles. The Kier molecular flexibility index (Phi) is 5.00. The Balaban J connectivity index is 3.11. The molecule has 0 spiro atoms. The summed E-state index contributed by atoms with van der Waals surface area (Å²) >= 11 is 1.37. The van der Waals surface area contributed by atoms with Crippen LogP contribution in [0.25, 0.3) is 0 Å². The van der Waals surface area contributed by atoms with E-state index in [0.717, 1.165) is 0 Å². The summed E-state index contributed by atoms with van der Waals surface area (Å²) in [6.45, 7) is 1.51. The minimum atomic E-state index is -4.69. The number of hydrogen-bond donors (Lipinski definition) is 0. The van der Waals surface area contributed by atoms with E-state index in [1.54, 1.807) is 6.26 Å². The largest absolute Gasteiger partial charge is 0.461 e. The zero-order chi connectivity index (χ0) is 13.8. The highest BCUT2D eigenvalue weighted by molar-refractivity contribution is 7.98. The van der Waals surface area contributed by atoms with E-state index in [2.05, 4.69) is 15.0 Å². The van der Waals surface area contributed by atoms with Crippen molar-refractivity contribution in [3.05, 3.63) is 11.4 Å². The number of rotatable bonds is 5. The third-order valence-electron chi connectivity index (χ3n) is 1.98. The summed E-state index contributed by atoms with van der Waals surface area (Å²) in [5, 5.41) is 6.62. The van der Waals surface area contributed by atoms with Gasteiger partial charge in [-0.2, -0.15) is 24.9 Å². The number of carbonyl (C=O) groups is 1. The first-order chi connectivity index (χ1) is 8.41. The highest BCUT2D eigenvalue weighted by atomic mass is 32.2. The number of alkyl halides is 3. The number of ether oxygens (including phenoxy) is 1. The number of halogens is 3. The van der Waals surface area contributed by atoms with Crippen molar-refractivity contribution in [1.82, 2.24) is 15.0 Å². The zero-order valence-corrected chi connectivity index (χ0v) is 10.6. The first kappa shape index (κ1) is 14.8. The Morgan fingerprint density at radius 1 is 1.50 bits per heavy atom. The Labute approximate surface area is 106 Å². The van der Waals surface area contributed by atoms with Gasteiger partial charge in [-0.1, -0.05) is 5.21 Å². The molecule has 1 heterocycles. The van der Waals surface area contributed by atoms with Crippen LogP contribution in [0.1, 0.15) is 23.1 Å². The van der Waals surface area contributed by atoms with Gasteiger partial charge >= 0.3 is 12.1 Å². The van der Waals surface area contributed by atoms with Gasteiger partial charge in [0.2, 0.25) is 5.69 Å². The molecule has 0 aliphatic rings. The van der Waals surface area contributed by atoms with Gasteiger partial charge in [0.25, 0.3) is 0 Å². The van der Waals surface area contributed by atoms with Crippen LogP contribution in [0.4, 0.5) is 13.2 Å². The normalized spacial score (nSPS) is 11.6. The van der Waals surface area contributed by atoms with Crippen LogP contribution in [0.3, 0.4) is 0 Å². The van der Waals surface area contributed by atoms with Crippen LogP contribution in [-0.2, 0) is 17.5 Å². The molecule has 5 nitrogen and oxygen atoms in total. The standard InChI is InChI=1S/C9H12F3N3O2S/c1-3-17-8(16)6-7(9(10,11)12)15(14-13-6)4-5-18-2/h3-5H2,1-2H3. The van der Waals surface area contributed by atoms with Gasteiger partial charge in [-0.3, -0.25) is 0 Å². The van der Waals surface area contributed by atoms with Gasteiger partial charge in [0, 0.05) is 5.75 Å². The number of nitrogens with zero attached hydrogens (tertiary/aromatic N) is 3. The van der Waals surface area contributed by atoms with Gasteiger partial charge in [0.15, 0.2) is 5.69 Å². The molecule has 0 amide bonds. The molecule has 1 rings (SSSR count). The van der Waals surface area contributed by atoms with Crippen molar-refractivity contribution in [3.63, 3.8) is 0 Å². The van der Waals surface area contributed by atoms with Gasteiger partial charge in [0.05, 0.1) is 13.2 Å². The van der Waals surface area contributed by atoms with E-state index in [4.69, 9.17) is 0 Å². The maximum Gasteiger partial charge on any atom is 0.435 e. The predicted octanol–water partition coefficient (Wildman–Crippen LogP) is 1.84. The van der Waals surface area contributed by atoms with E-state index in [0.29, 0.717) is 10.4 Å². The molecule has 18 heavy (non-hydrogen) atoms. The van der Waals surface area contributed by atoms with Crippen LogP contribution in [0.2, 0.25) is 0 Å². The summed E-state index contributed by atoms with van der Waals surface area (Å²) in [7, 11) is 0. The Morgan fingerprint density at radius 3 is 2.67 bits per heavy atom. The van der Waals surface area contributed by atoms with Crippen molar-refractivity contribution in [3.8, 4) is 0 Å². The first-order valence-corrected chi connectivity index (χ1v) is 6.48. The molecule has 9 heteroatoms. The Hall–Kier alpha value is -1.25. The van der Waals surface area contributed by atoms with Gasteiger partial charge in [-0.15, -0.1) is 5.10 Å². The highest BCUT2D eigenvalue weighted by Gasteiger charge is 2.41. The fourth-order valence-electron chi connectivity index (χ4n) is 1.26. The molecule has 0 N–H and O–H groups in total. The molecule has 0 aliphatic heterocycles. The molecular formula is C9H12F3N3O2S. The minimum absolute atomic E-state index is 0.0200. The molecule has 0 unspecified atom stereocenters. The number of thioether (sulfide) groups is 1. The van der Waals surface area contributed by atoms with Crippen molar-refractivity contribution < 1.29 is 22.7 Å². The van der Waals surface area contributed by atoms with Crippen LogP contribution >= 0.6 is 11.8 Å². The van der Waals surface area contributed by atoms with E-state index < -0.39 is 23.5 Å². The smallest absolute Gasteiger partial charge is 0.435 e. The van der Waals surface area contributed by atoms with E-state index in [-0.39, 0.29) is 13.2 Å². The third kappa shape index (κ3) is 3.37. The monoisotopic (exact) mass is 283 g/mol. The van der Waals surface area contributed by atoms with E-state index >= 15 is 0 Å². The molecule has 0 aromatic carbocycles. The maximum absolute atomic E-state index is 12.9. The van der Waals surface area contributed by atoms with Crippen molar-refractivity contribution in [2.24, 2.45) is 0 Å². The van der Waals surface area contributed by atoms with Crippen molar-refractivity contribution >= 4 is 17.7 Å². The Bertz CT molecular complexity index is 420. The second-order valence-electron chi connectivity index (χ2n) is 3.22. The maximum atomic E-state index is 12.9. The molecular weight excluding hydrogens is 271 g/mol. The summed E-state index contributed by atoms with van der Waals surface area (Å²) < 4.78 is 43.8.